The average molecular weight is 280 g/mol. The highest BCUT2D eigenvalue weighted by atomic mass is 32.1. The van der Waals surface area contributed by atoms with Gasteiger partial charge in [0, 0.05) is 29.2 Å². The number of rotatable bonds is 7. The molecule has 1 N–H and O–H groups in total. The lowest BCUT2D eigenvalue weighted by atomic mass is 10.2. The van der Waals surface area contributed by atoms with Crippen molar-refractivity contribution in [1.29, 1.82) is 0 Å². The van der Waals surface area contributed by atoms with Gasteiger partial charge in [-0.25, -0.2) is 4.39 Å². The van der Waals surface area contributed by atoms with Crippen LogP contribution in [0.25, 0.3) is 10.1 Å². The molecule has 1 heterocycles. The fraction of sp³-hybridized carbons (Fsp3) is 0.467. The van der Waals surface area contributed by atoms with Crippen LogP contribution in [0, 0.1) is 5.82 Å². The molecule has 0 unspecified atom stereocenters. The molecule has 2 rings (SSSR count). The van der Waals surface area contributed by atoms with Crippen molar-refractivity contribution in [3.63, 3.8) is 0 Å². The largest absolute Gasteiger partial charge is 0.311 e. The average Bonchev–Trinajstić information content (AvgIpc) is 2.80. The van der Waals surface area contributed by atoms with E-state index in [1.54, 1.807) is 17.4 Å². The lowest BCUT2D eigenvalue weighted by molar-refractivity contribution is 0.302. The van der Waals surface area contributed by atoms with Gasteiger partial charge in [-0.15, -0.1) is 11.3 Å². The van der Waals surface area contributed by atoms with Gasteiger partial charge in [-0.3, -0.25) is 0 Å². The van der Waals surface area contributed by atoms with E-state index in [9.17, 15) is 4.39 Å². The molecule has 0 fully saturated rings. The number of hydrogen-bond donors (Lipinski definition) is 1. The molecule has 0 amide bonds. The first-order valence-corrected chi connectivity index (χ1v) is 7.65. The molecule has 1 aromatic heterocycles. The molecular formula is C15H21FN2S. The number of halogens is 1. The SMILES string of the molecule is CCN(CC)CCNCc1cc2ccc(F)cc2s1. The predicted molar refractivity (Wildman–Crippen MR) is 81.3 cm³/mol. The van der Waals surface area contributed by atoms with Gasteiger partial charge in [0.15, 0.2) is 0 Å². The zero-order valence-electron chi connectivity index (χ0n) is 11.6. The number of likely N-dealkylation sites (N-methyl/N-ethyl adjacent to an activating group) is 1. The molecule has 0 aliphatic heterocycles. The standard InChI is InChI=1S/C15H21FN2S/c1-3-18(4-2)8-7-17-11-14-9-12-5-6-13(16)10-15(12)19-14/h5-6,9-10,17H,3-4,7-8,11H2,1-2H3. The molecule has 0 bridgehead atoms. The van der Waals surface area contributed by atoms with Crippen molar-refractivity contribution in [3.8, 4) is 0 Å². The molecule has 0 aliphatic carbocycles. The summed E-state index contributed by atoms with van der Waals surface area (Å²) in [5, 5.41) is 4.58. The van der Waals surface area contributed by atoms with Gasteiger partial charge in [0.25, 0.3) is 0 Å². The predicted octanol–water partition coefficient (Wildman–Crippen LogP) is 3.47. The minimum Gasteiger partial charge on any atom is -0.311 e. The molecule has 0 atom stereocenters. The normalized spacial score (nSPS) is 11.6. The van der Waals surface area contributed by atoms with Gasteiger partial charge in [-0.05, 0) is 36.7 Å². The van der Waals surface area contributed by atoms with E-state index in [1.807, 2.05) is 6.07 Å². The second kappa shape index (κ2) is 6.98. The van der Waals surface area contributed by atoms with E-state index < -0.39 is 0 Å². The zero-order chi connectivity index (χ0) is 13.7. The van der Waals surface area contributed by atoms with Gasteiger partial charge in [0.05, 0.1) is 0 Å². The number of hydrogen-bond acceptors (Lipinski definition) is 3. The molecular weight excluding hydrogens is 259 g/mol. The Balaban J connectivity index is 1.84. The Morgan fingerprint density at radius 1 is 1.21 bits per heavy atom. The number of nitrogens with zero attached hydrogens (tertiary/aromatic N) is 1. The van der Waals surface area contributed by atoms with Crippen LogP contribution in [-0.2, 0) is 6.54 Å². The zero-order valence-corrected chi connectivity index (χ0v) is 12.4. The maximum absolute atomic E-state index is 13.1. The van der Waals surface area contributed by atoms with Gasteiger partial charge < -0.3 is 10.2 Å². The summed E-state index contributed by atoms with van der Waals surface area (Å²) in [5.41, 5.74) is 0. The molecule has 104 valence electrons. The number of benzene rings is 1. The first-order valence-electron chi connectivity index (χ1n) is 6.84. The summed E-state index contributed by atoms with van der Waals surface area (Å²) in [6, 6.07) is 7.12. The fourth-order valence-corrected chi connectivity index (χ4v) is 3.19. The molecule has 4 heteroatoms. The molecule has 0 saturated heterocycles. The van der Waals surface area contributed by atoms with Crippen LogP contribution < -0.4 is 5.32 Å². The first kappa shape index (κ1) is 14.4. The third kappa shape index (κ3) is 4.00. The molecule has 0 radical (unpaired) electrons. The van der Waals surface area contributed by atoms with Crippen LogP contribution in [0.15, 0.2) is 24.3 Å². The van der Waals surface area contributed by atoms with Crippen LogP contribution >= 0.6 is 11.3 Å². The Kier molecular flexibility index (Phi) is 5.31. The van der Waals surface area contributed by atoms with E-state index in [0.717, 1.165) is 42.8 Å². The Hall–Kier alpha value is -0.970. The second-order valence-corrected chi connectivity index (χ2v) is 5.77. The second-order valence-electron chi connectivity index (χ2n) is 4.60. The van der Waals surface area contributed by atoms with Gasteiger partial charge in [-0.1, -0.05) is 19.9 Å². The first-order chi connectivity index (χ1) is 9.22. The highest BCUT2D eigenvalue weighted by molar-refractivity contribution is 7.19. The number of nitrogens with one attached hydrogen (secondary N) is 1. The number of fused-ring (bicyclic) bond motifs is 1. The molecule has 0 spiro atoms. The fourth-order valence-electron chi connectivity index (χ4n) is 2.14. The summed E-state index contributed by atoms with van der Waals surface area (Å²) in [6.45, 7) is 9.49. The lowest BCUT2D eigenvalue weighted by Crippen LogP contribution is -2.31. The van der Waals surface area contributed by atoms with Crippen molar-refractivity contribution in [1.82, 2.24) is 10.2 Å². The van der Waals surface area contributed by atoms with Gasteiger partial charge in [-0.2, -0.15) is 0 Å². The summed E-state index contributed by atoms with van der Waals surface area (Å²) >= 11 is 1.67. The van der Waals surface area contributed by atoms with Crippen LogP contribution in [0.1, 0.15) is 18.7 Å². The van der Waals surface area contributed by atoms with E-state index >= 15 is 0 Å². The Bertz CT molecular complexity index is 520. The molecule has 1 aromatic carbocycles. The summed E-state index contributed by atoms with van der Waals surface area (Å²) in [6.07, 6.45) is 0. The quantitative estimate of drug-likeness (QED) is 0.781. The molecule has 0 saturated carbocycles. The minimum atomic E-state index is -0.157. The van der Waals surface area contributed by atoms with Crippen molar-refractivity contribution in [2.75, 3.05) is 26.2 Å². The maximum atomic E-state index is 13.1. The van der Waals surface area contributed by atoms with Crippen LogP contribution in [0.3, 0.4) is 0 Å². The minimum absolute atomic E-state index is 0.157. The number of thiophene rings is 1. The van der Waals surface area contributed by atoms with Crippen LogP contribution in [0.5, 0.6) is 0 Å². The smallest absolute Gasteiger partial charge is 0.124 e. The molecule has 2 aromatic rings. The van der Waals surface area contributed by atoms with Crippen molar-refractivity contribution in [2.24, 2.45) is 0 Å². The van der Waals surface area contributed by atoms with Gasteiger partial charge in [0.1, 0.15) is 5.82 Å². The van der Waals surface area contributed by atoms with E-state index in [0.29, 0.717) is 0 Å². The summed E-state index contributed by atoms with van der Waals surface area (Å²) < 4.78 is 14.1. The Labute approximate surface area is 118 Å². The lowest BCUT2D eigenvalue weighted by Gasteiger charge is -2.17. The Morgan fingerprint density at radius 2 is 2.00 bits per heavy atom. The third-order valence-corrected chi connectivity index (χ3v) is 4.43. The van der Waals surface area contributed by atoms with Crippen LogP contribution in [0.2, 0.25) is 0 Å². The summed E-state index contributed by atoms with van der Waals surface area (Å²) in [4.78, 5) is 3.66. The third-order valence-electron chi connectivity index (χ3n) is 3.33. The van der Waals surface area contributed by atoms with Crippen LogP contribution in [-0.4, -0.2) is 31.1 Å². The van der Waals surface area contributed by atoms with Gasteiger partial charge >= 0.3 is 0 Å². The van der Waals surface area contributed by atoms with Crippen LogP contribution in [0.4, 0.5) is 4.39 Å². The topological polar surface area (TPSA) is 15.3 Å². The molecule has 0 aliphatic rings. The monoisotopic (exact) mass is 280 g/mol. The van der Waals surface area contributed by atoms with E-state index in [4.69, 9.17) is 0 Å². The van der Waals surface area contributed by atoms with Crippen molar-refractivity contribution < 1.29 is 4.39 Å². The van der Waals surface area contributed by atoms with Crippen molar-refractivity contribution in [3.05, 3.63) is 35.0 Å². The van der Waals surface area contributed by atoms with E-state index in [-0.39, 0.29) is 5.82 Å². The van der Waals surface area contributed by atoms with Crippen molar-refractivity contribution in [2.45, 2.75) is 20.4 Å². The molecule has 19 heavy (non-hydrogen) atoms. The highest BCUT2D eigenvalue weighted by Crippen LogP contribution is 2.26. The highest BCUT2D eigenvalue weighted by Gasteiger charge is 2.03. The summed E-state index contributed by atoms with van der Waals surface area (Å²) in [7, 11) is 0. The molecule has 2 nitrogen and oxygen atoms in total. The Morgan fingerprint density at radius 3 is 2.74 bits per heavy atom. The van der Waals surface area contributed by atoms with E-state index in [1.165, 1.54) is 10.9 Å². The summed E-state index contributed by atoms with van der Waals surface area (Å²) in [5.74, 6) is -0.157. The van der Waals surface area contributed by atoms with Crippen molar-refractivity contribution >= 4 is 21.4 Å². The maximum Gasteiger partial charge on any atom is 0.124 e. The van der Waals surface area contributed by atoms with E-state index in [2.05, 4.69) is 30.1 Å². The van der Waals surface area contributed by atoms with Gasteiger partial charge in [0.2, 0.25) is 0 Å².